The summed E-state index contributed by atoms with van der Waals surface area (Å²) in [5.74, 6) is -2.61. The molecule has 9 atom stereocenters. The molecule has 2 aliphatic heterocycles. The van der Waals surface area contributed by atoms with Crippen LogP contribution in [0.1, 0.15) is 78.7 Å². The number of carbonyl (C=O) groups excluding carboxylic acids is 6. The van der Waals surface area contributed by atoms with E-state index in [4.69, 9.17) is 15.2 Å². The molecule has 2 fully saturated rings. The average molecular weight is 867 g/mol. The van der Waals surface area contributed by atoms with E-state index in [1.54, 1.807) is 56.3 Å². The molecule has 1 aromatic rings. The van der Waals surface area contributed by atoms with Gasteiger partial charge >= 0.3 is 0 Å². The Labute approximate surface area is 369 Å². The molecule has 0 bridgehead atoms. The number of carbonyl (C=O) groups is 6. The molecule has 6 amide bonds. The molecule has 16 heteroatoms. The first kappa shape index (κ1) is 51.7. The Morgan fingerprint density at radius 1 is 1.00 bits per heavy atom. The Kier molecular flexibility index (Phi) is 20.2. The van der Waals surface area contributed by atoms with Crippen LogP contribution < -0.4 is 21.7 Å². The molecule has 0 unspecified atom stereocenters. The highest BCUT2D eigenvalue weighted by atomic mass is 16.5. The maximum absolute atomic E-state index is 14.3. The number of hydrogen-bond acceptors (Lipinski definition) is 10. The molecule has 16 nitrogen and oxygen atoms in total. The second-order valence-electron chi connectivity index (χ2n) is 17.4. The Bertz CT molecular complexity index is 1740. The van der Waals surface area contributed by atoms with Gasteiger partial charge in [0.15, 0.2) is 0 Å². The Balaban J connectivity index is 1.67. The van der Waals surface area contributed by atoms with E-state index in [0.29, 0.717) is 31.6 Å². The second kappa shape index (κ2) is 24.3. The van der Waals surface area contributed by atoms with Crippen molar-refractivity contribution in [3.05, 3.63) is 54.8 Å². The first-order valence-electron chi connectivity index (χ1n) is 22.0. The Morgan fingerprint density at radius 3 is 2.26 bits per heavy atom. The van der Waals surface area contributed by atoms with Gasteiger partial charge < -0.3 is 45.9 Å². The number of likely N-dealkylation sites (tertiary alicyclic amines) is 2. The molecule has 1 aromatic carbocycles. The lowest BCUT2D eigenvalue weighted by Gasteiger charge is -2.41. The number of likely N-dealkylation sites (N-methyl/N-ethyl adjacent to an activating group) is 3. The summed E-state index contributed by atoms with van der Waals surface area (Å²) in [6.45, 7) is 18.6. The van der Waals surface area contributed by atoms with Crippen LogP contribution in [0.4, 0.5) is 5.69 Å². The molecule has 346 valence electrons. The predicted molar refractivity (Wildman–Crippen MR) is 240 cm³/mol. The fourth-order valence-electron chi connectivity index (χ4n) is 8.68. The molecule has 0 saturated carbocycles. The van der Waals surface area contributed by atoms with Crippen LogP contribution in [0.2, 0.25) is 0 Å². The summed E-state index contributed by atoms with van der Waals surface area (Å²) in [5, 5.41) is 8.13. The van der Waals surface area contributed by atoms with Gasteiger partial charge in [0.25, 0.3) is 5.91 Å². The van der Waals surface area contributed by atoms with Gasteiger partial charge in [-0.3, -0.25) is 33.7 Å². The molecule has 3 rings (SSSR count). The van der Waals surface area contributed by atoms with Gasteiger partial charge in [-0.25, -0.2) is 0 Å². The fraction of sp³-hybridized carbons (Fsp3) is 0.652. The van der Waals surface area contributed by atoms with E-state index >= 15 is 0 Å². The number of nitrogens with one attached hydrogen (secondary N) is 3. The van der Waals surface area contributed by atoms with Gasteiger partial charge in [-0.1, -0.05) is 65.8 Å². The molecule has 2 aliphatic rings. The lowest BCUT2D eigenvalue weighted by Crippen LogP contribution is -2.59. The summed E-state index contributed by atoms with van der Waals surface area (Å²) in [6, 6.07) is 4.38. The molecule has 5 N–H and O–H groups in total. The molecule has 0 spiro atoms. The molecule has 0 aliphatic carbocycles. The first-order valence-corrected chi connectivity index (χ1v) is 22.0. The number of methoxy groups -OCH3 is 2. The highest BCUT2D eigenvalue weighted by Gasteiger charge is 2.43. The normalized spacial score (nSPS) is 20.0. The van der Waals surface area contributed by atoms with Crippen molar-refractivity contribution in [2.75, 3.05) is 60.3 Å². The van der Waals surface area contributed by atoms with Crippen LogP contribution in [-0.4, -0.2) is 152 Å². The zero-order valence-electron chi connectivity index (χ0n) is 38.8. The van der Waals surface area contributed by atoms with Gasteiger partial charge in [-0.05, 0) is 75.2 Å². The second-order valence-corrected chi connectivity index (χ2v) is 17.4. The van der Waals surface area contributed by atoms with E-state index in [1.165, 1.54) is 6.08 Å². The monoisotopic (exact) mass is 867 g/mol. The van der Waals surface area contributed by atoms with Crippen molar-refractivity contribution in [3.8, 4) is 0 Å². The van der Waals surface area contributed by atoms with Crippen molar-refractivity contribution >= 4 is 41.1 Å². The zero-order valence-corrected chi connectivity index (χ0v) is 38.8. The minimum atomic E-state index is -0.979. The van der Waals surface area contributed by atoms with Crippen molar-refractivity contribution in [1.82, 2.24) is 30.2 Å². The number of amides is 6. The maximum atomic E-state index is 14.3. The highest BCUT2D eigenvalue weighted by molar-refractivity contribution is 6.06. The van der Waals surface area contributed by atoms with E-state index in [0.717, 1.165) is 37.8 Å². The lowest BCUT2D eigenvalue weighted by molar-refractivity contribution is -0.149. The molecule has 0 radical (unpaired) electrons. The van der Waals surface area contributed by atoms with E-state index in [9.17, 15) is 28.8 Å². The van der Waals surface area contributed by atoms with Gasteiger partial charge in [0.2, 0.25) is 29.5 Å². The minimum absolute atomic E-state index is 0.0234. The van der Waals surface area contributed by atoms with Gasteiger partial charge in [0, 0.05) is 47.1 Å². The average Bonchev–Trinajstić information content (AvgIpc) is 3.92. The Morgan fingerprint density at radius 2 is 1.68 bits per heavy atom. The number of benzene rings is 1. The number of ether oxygens (including phenoxy) is 2. The number of rotatable bonds is 23. The fourth-order valence-corrected chi connectivity index (χ4v) is 8.68. The standard InChI is InChI=1S/C46H74N8O8/c1-13-29(5)40(53(10)46(60)39(28(3)4)50-44(58)36-21-16-23-51(36)8)37(61-11)27-38(55)54-24-17-20-35(54)41(62-12)30(6)45(59)52(9)25-22-32-18-15-19-33(26-32)49-42(56)31(7)48-43(57)34(47)14-2/h14-15,18-19,26,28-30,34-37,39-41H,2,7,13,16-17,20-25,27,47H2,1,3-6,8-12H3,(H,48,57)(H,49,56)(H,50,58)/t29-,30+,34-,35-,36-,37+,39-,40-,41+/m0/s1. The van der Waals surface area contributed by atoms with Gasteiger partial charge in [-0.15, -0.1) is 6.58 Å². The van der Waals surface area contributed by atoms with E-state index in [1.807, 2.05) is 57.5 Å². The molecule has 0 aromatic heterocycles. The van der Waals surface area contributed by atoms with Crippen molar-refractivity contribution in [3.63, 3.8) is 0 Å². The number of anilines is 1. The van der Waals surface area contributed by atoms with Crippen LogP contribution >= 0.6 is 0 Å². The van der Waals surface area contributed by atoms with E-state index in [-0.39, 0.29) is 59.7 Å². The smallest absolute Gasteiger partial charge is 0.271 e. The third-order valence-electron chi connectivity index (χ3n) is 12.7. The van der Waals surface area contributed by atoms with Crippen LogP contribution in [-0.2, 0) is 44.7 Å². The molecule has 2 heterocycles. The first-order chi connectivity index (χ1) is 29.3. The third kappa shape index (κ3) is 13.4. The predicted octanol–water partition coefficient (Wildman–Crippen LogP) is 2.92. The van der Waals surface area contributed by atoms with Crippen LogP contribution in [0, 0.1) is 17.8 Å². The zero-order chi connectivity index (χ0) is 46.4. The van der Waals surface area contributed by atoms with Gasteiger partial charge in [0.05, 0.1) is 48.4 Å². The summed E-state index contributed by atoms with van der Waals surface area (Å²) in [7, 11) is 8.52. The number of hydrogen-bond donors (Lipinski definition) is 4. The van der Waals surface area contributed by atoms with E-state index < -0.39 is 48.1 Å². The summed E-state index contributed by atoms with van der Waals surface area (Å²) in [5.41, 5.74) is 6.82. The molecule has 2 saturated heterocycles. The quantitative estimate of drug-likeness (QED) is 0.0939. The topological polar surface area (TPSA) is 196 Å². The number of nitrogens with zero attached hydrogens (tertiary/aromatic N) is 4. The molecule has 62 heavy (non-hydrogen) atoms. The molecular formula is C46H74N8O8. The maximum Gasteiger partial charge on any atom is 0.271 e. The Hall–Kier alpha value is -4.64. The van der Waals surface area contributed by atoms with Crippen molar-refractivity contribution < 1.29 is 38.2 Å². The van der Waals surface area contributed by atoms with Crippen LogP contribution in [0.25, 0.3) is 0 Å². The van der Waals surface area contributed by atoms with Crippen LogP contribution in [0.5, 0.6) is 0 Å². The van der Waals surface area contributed by atoms with Crippen molar-refractivity contribution in [2.45, 2.75) is 122 Å². The summed E-state index contributed by atoms with van der Waals surface area (Å²) < 4.78 is 12.0. The van der Waals surface area contributed by atoms with Crippen molar-refractivity contribution in [2.24, 2.45) is 23.5 Å². The SMILES string of the molecule is C=C[C@H](N)C(=O)NC(=C)C(=O)Nc1cccc(CCN(C)C(=O)[C@H](C)[C@@H](OC)[C@@H]2CCCN2C(=O)C[C@@H](OC)[C@H]([C@@H](C)CC)N(C)C(=O)[C@@H](NC(=O)[C@@H]2CCCN2C)C(C)C)c1. The third-order valence-corrected chi connectivity index (χ3v) is 12.7. The number of nitrogens with two attached hydrogens (primary N) is 1. The summed E-state index contributed by atoms with van der Waals surface area (Å²) in [6.07, 6.45) is 4.40. The van der Waals surface area contributed by atoms with Crippen molar-refractivity contribution in [1.29, 1.82) is 0 Å². The highest BCUT2D eigenvalue weighted by Crippen LogP contribution is 2.30. The van der Waals surface area contributed by atoms with Crippen LogP contribution in [0.3, 0.4) is 0 Å². The summed E-state index contributed by atoms with van der Waals surface area (Å²) >= 11 is 0. The lowest BCUT2D eigenvalue weighted by atomic mass is 9.89. The largest absolute Gasteiger partial charge is 0.379 e. The van der Waals surface area contributed by atoms with E-state index in [2.05, 4.69) is 29.1 Å². The van der Waals surface area contributed by atoms with Gasteiger partial charge in [-0.2, -0.15) is 0 Å². The minimum Gasteiger partial charge on any atom is -0.379 e. The molecular weight excluding hydrogens is 793 g/mol. The summed E-state index contributed by atoms with van der Waals surface area (Å²) in [4.78, 5) is 87.6. The van der Waals surface area contributed by atoms with Crippen LogP contribution in [0.15, 0.2) is 49.2 Å². The van der Waals surface area contributed by atoms with Gasteiger partial charge in [0.1, 0.15) is 12.1 Å².